The second-order valence-electron chi connectivity index (χ2n) is 6.26. The van der Waals surface area contributed by atoms with E-state index in [0.717, 1.165) is 28.2 Å². The maximum absolute atomic E-state index is 12.2. The Labute approximate surface area is 166 Å². The molecule has 0 bridgehead atoms. The van der Waals surface area contributed by atoms with Crippen molar-refractivity contribution in [1.82, 2.24) is 15.3 Å². The molecule has 2 aromatic heterocycles. The molecule has 0 unspecified atom stereocenters. The molecule has 0 saturated carbocycles. The molecular weight excluding hydrogens is 378 g/mol. The fourth-order valence-corrected chi connectivity index (χ4v) is 4.19. The number of fused-ring (bicyclic) bond motifs is 1. The number of hydrogen-bond acceptors (Lipinski definition) is 3. The Hall–Kier alpha value is -2.63. The zero-order valence-electron chi connectivity index (χ0n) is 14.5. The highest BCUT2D eigenvalue weighted by molar-refractivity contribution is 7.13. The minimum Gasteiger partial charge on any atom is -0.361 e. The Morgan fingerprint density at radius 1 is 1.15 bits per heavy atom. The molecule has 27 heavy (non-hydrogen) atoms. The van der Waals surface area contributed by atoms with Crippen LogP contribution in [0.4, 0.5) is 0 Å². The molecule has 4 rings (SSSR count). The first kappa shape index (κ1) is 17.8. The van der Waals surface area contributed by atoms with Crippen LogP contribution in [0, 0.1) is 0 Å². The SMILES string of the molecule is O=C(Cc1csc(-c2ccccc2Cl)n1)NCCc1c[nH]c2ccccc12. The predicted molar refractivity (Wildman–Crippen MR) is 111 cm³/mol. The summed E-state index contributed by atoms with van der Waals surface area (Å²) in [6.07, 6.45) is 3.07. The van der Waals surface area contributed by atoms with Crippen molar-refractivity contribution < 1.29 is 4.79 Å². The zero-order valence-corrected chi connectivity index (χ0v) is 16.1. The van der Waals surface area contributed by atoms with E-state index in [1.54, 1.807) is 0 Å². The molecule has 2 N–H and O–H groups in total. The third kappa shape index (κ3) is 4.04. The van der Waals surface area contributed by atoms with Gasteiger partial charge in [0, 0.05) is 34.6 Å². The number of carbonyl (C=O) groups is 1. The number of nitrogens with zero attached hydrogens (tertiary/aromatic N) is 1. The molecule has 0 aliphatic rings. The summed E-state index contributed by atoms with van der Waals surface area (Å²) in [6, 6.07) is 15.8. The Kier molecular flexibility index (Phi) is 5.23. The van der Waals surface area contributed by atoms with Crippen LogP contribution in [0.15, 0.2) is 60.1 Å². The van der Waals surface area contributed by atoms with Gasteiger partial charge in [-0.25, -0.2) is 4.98 Å². The van der Waals surface area contributed by atoms with E-state index in [1.165, 1.54) is 22.3 Å². The molecule has 0 radical (unpaired) electrons. The van der Waals surface area contributed by atoms with E-state index in [-0.39, 0.29) is 12.3 Å². The average Bonchev–Trinajstić information content (AvgIpc) is 3.30. The molecule has 0 spiro atoms. The first-order chi connectivity index (χ1) is 13.2. The number of carbonyl (C=O) groups excluding carboxylic acids is 1. The number of nitrogens with one attached hydrogen (secondary N) is 2. The first-order valence-corrected chi connectivity index (χ1v) is 9.97. The van der Waals surface area contributed by atoms with Crippen LogP contribution in [0.2, 0.25) is 5.02 Å². The number of para-hydroxylation sites is 1. The molecule has 6 heteroatoms. The lowest BCUT2D eigenvalue weighted by Gasteiger charge is -2.04. The molecule has 2 heterocycles. The summed E-state index contributed by atoms with van der Waals surface area (Å²) >= 11 is 7.72. The van der Waals surface area contributed by atoms with E-state index in [2.05, 4.69) is 27.4 Å². The van der Waals surface area contributed by atoms with Crippen molar-refractivity contribution in [2.45, 2.75) is 12.8 Å². The van der Waals surface area contributed by atoms with E-state index < -0.39 is 0 Å². The number of H-pyrrole nitrogens is 1. The van der Waals surface area contributed by atoms with Crippen molar-refractivity contribution in [3.05, 3.63) is 76.4 Å². The van der Waals surface area contributed by atoms with Gasteiger partial charge in [-0.2, -0.15) is 0 Å². The van der Waals surface area contributed by atoms with E-state index in [0.29, 0.717) is 11.6 Å². The summed E-state index contributed by atoms with van der Waals surface area (Å²) in [7, 11) is 0. The average molecular weight is 396 g/mol. The highest BCUT2D eigenvalue weighted by Gasteiger charge is 2.11. The summed E-state index contributed by atoms with van der Waals surface area (Å²) in [6.45, 7) is 0.599. The second kappa shape index (κ2) is 7.94. The van der Waals surface area contributed by atoms with E-state index >= 15 is 0 Å². The molecule has 0 fully saturated rings. The van der Waals surface area contributed by atoms with Crippen molar-refractivity contribution in [3.63, 3.8) is 0 Å². The van der Waals surface area contributed by atoms with Crippen LogP contribution in [0.25, 0.3) is 21.5 Å². The lowest BCUT2D eigenvalue weighted by molar-refractivity contribution is -0.120. The lowest BCUT2D eigenvalue weighted by atomic mass is 10.1. The number of amides is 1. The number of halogens is 1. The molecule has 4 nitrogen and oxygen atoms in total. The van der Waals surface area contributed by atoms with Crippen molar-refractivity contribution in [1.29, 1.82) is 0 Å². The second-order valence-corrected chi connectivity index (χ2v) is 7.53. The molecule has 2 aromatic carbocycles. The van der Waals surface area contributed by atoms with Crippen LogP contribution < -0.4 is 5.32 Å². The number of aromatic nitrogens is 2. The quantitative estimate of drug-likeness (QED) is 0.490. The summed E-state index contributed by atoms with van der Waals surface area (Å²) in [5.41, 5.74) is 3.99. The van der Waals surface area contributed by atoms with Gasteiger partial charge in [-0.3, -0.25) is 4.79 Å². The first-order valence-electron chi connectivity index (χ1n) is 8.72. The zero-order chi connectivity index (χ0) is 18.6. The fraction of sp³-hybridized carbons (Fsp3) is 0.143. The van der Waals surface area contributed by atoms with Gasteiger partial charge in [-0.15, -0.1) is 11.3 Å². The van der Waals surface area contributed by atoms with Gasteiger partial charge in [0.05, 0.1) is 17.1 Å². The Morgan fingerprint density at radius 2 is 1.96 bits per heavy atom. The minimum atomic E-state index is -0.0224. The highest BCUT2D eigenvalue weighted by atomic mass is 35.5. The molecule has 0 saturated heterocycles. The minimum absolute atomic E-state index is 0.0224. The van der Waals surface area contributed by atoms with Gasteiger partial charge in [-0.1, -0.05) is 48.0 Å². The van der Waals surface area contributed by atoms with Crippen LogP contribution in [-0.4, -0.2) is 22.4 Å². The topological polar surface area (TPSA) is 57.8 Å². The van der Waals surface area contributed by atoms with Gasteiger partial charge >= 0.3 is 0 Å². The number of benzene rings is 2. The standard InChI is InChI=1S/C21H18ClN3OS/c22-18-7-3-1-6-17(18)21-25-15(13-27-21)11-20(26)23-10-9-14-12-24-19-8-4-2-5-16(14)19/h1-8,12-13,24H,9-11H2,(H,23,26). The summed E-state index contributed by atoms with van der Waals surface area (Å²) in [4.78, 5) is 20.0. The van der Waals surface area contributed by atoms with Gasteiger partial charge in [0.1, 0.15) is 5.01 Å². The van der Waals surface area contributed by atoms with Crippen molar-refractivity contribution in [2.75, 3.05) is 6.54 Å². The number of hydrogen-bond donors (Lipinski definition) is 2. The van der Waals surface area contributed by atoms with Crippen LogP contribution in [0.1, 0.15) is 11.3 Å². The van der Waals surface area contributed by atoms with Crippen molar-refractivity contribution >= 4 is 39.7 Å². The normalized spacial score (nSPS) is 11.0. The molecule has 0 atom stereocenters. The molecule has 1 amide bonds. The van der Waals surface area contributed by atoms with E-state index in [9.17, 15) is 4.79 Å². The number of aromatic amines is 1. The van der Waals surface area contributed by atoms with E-state index in [1.807, 2.05) is 48.0 Å². The fourth-order valence-electron chi connectivity index (χ4n) is 3.05. The van der Waals surface area contributed by atoms with Crippen LogP contribution >= 0.6 is 22.9 Å². The van der Waals surface area contributed by atoms with Crippen LogP contribution in [-0.2, 0) is 17.6 Å². The van der Waals surface area contributed by atoms with Gasteiger partial charge < -0.3 is 10.3 Å². The molecule has 4 aromatic rings. The highest BCUT2D eigenvalue weighted by Crippen LogP contribution is 2.30. The van der Waals surface area contributed by atoms with Gasteiger partial charge in [0.25, 0.3) is 0 Å². The van der Waals surface area contributed by atoms with Gasteiger partial charge in [-0.05, 0) is 24.1 Å². The van der Waals surface area contributed by atoms with Crippen LogP contribution in [0.5, 0.6) is 0 Å². The Morgan fingerprint density at radius 3 is 2.85 bits per heavy atom. The number of rotatable bonds is 6. The van der Waals surface area contributed by atoms with Crippen LogP contribution in [0.3, 0.4) is 0 Å². The Bertz CT molecular complexity index is 1090. The van der Waals surface area contributed by atoms with Gasteiger partial charge in [0.2, 0.25) is 5.91 Å². The Balaban J connectivity index is 1.33. The monoisotopic (exact) mass is 395 g/mol. The summed E-state index contributed by atoms with van der Waals surface area (Å²) in [5, 5.41) is 7.60. The maximum Gasteiger partial charge on any atom is 0.226 e. The molecule has 136 valence electrons. The third-order valence-corrected chi connectivity index (χ3v) is 5.64. The molecule has 0 aliphatic heterocycles. The maximum atomic E-state index is 12.2. The lowest BCUT2D eigenvalue weighted by Crippen LogP contribution is -2.27. The molecular formula is C21H18ClN3OS. The predicted octanol–water partition coefficient (Wildman–Crippen LogP) is 4.85. The van der Waals surface area contributed by atoms with Gasteiger partial charge in [0.15, 0.2) is 0 Å². The largest absolute Gasteiger partial charge is 0.361 e. The molecule has 0 aliphatic carbocycles. The van der Waals surface area contributed by atoms with Crippen molar-refractivity contribution in [2.24, 2.45) is 0 Å². The third-order valence-electron chi connectivity index (χ3n) is 4.39. The summed E-state index contributed by atoms with van der Waals surface area (Å²) in [5.74, 6) is -0.0224. The summed E-state index contributed by atoms with van der Waals surface area (Å²) < 4.78 is 0. The van der Waals surface area contributed by atoms with E-state index in [4.69, 9.17) is 11.6 Å². The van der Waals surface area contributed by atoms with Crippen molar-refractivity contribution in [3.8, 4) is 10.6 Å². The number of thiazole rings is 1. The smallest absolute Gasteiger partial charge is 0.226 e.